The zero-order valence-electron chi connectivity index (χ0n) is 19.3. The predicted molar refractivity (Wildman–Crippen MR) is 129 cm³/mol. The lowest BCUT2D eigenvalue weighted by atomic mass is 9.77. The fraction of sp³-hybridized carbons (Fsp3) is 0.429. The summed E-state index contributed by atoms with van der Waals surface area (Å²) in [7, 11) is 1.67. The van der Waals surface area contributed by atoms with E-state index in [0.29, 0.717) is 19.8 Å². The van der Waals surface area contributed by atoms with Crippen molar-refractivity contribution in [1.82, 2.24) is 9.88 Å². The SMILES string of the molecule is COc1ccc(C2(C(=O)N3CCOCC(Cc4cccc5cccnc45)C3)CCCC2)cc1. The Hall–Kier alpha value is -2.92. The average Bonchev–Trinajstić information content (AvgIpc) is 3.25. The molecule has 5 rings (SSSR count). The van der Waals surface area contributed by atoms with Crippen molar-refractivity contribution in [2.75, 3.05) is 33.4 Å². The molecule has 1 aliphatic carbocycles. The summed E-state index contributed by atoms with van der Waals surface area (Å²) in [6.07, 6.45) is 6.71. The number of aromatic nitrogens is 1. The number of nitrogens with zero attached hydrogens (tertiary/aromatic N) is 2. The van der Waals surface area contributed by atoms with E-state index in [-0.39, 0.29) is 11.8 Å². The fourth-order valence-corrected chi connectivity index (χ4v) is 5.65. The van der Waals surface area contributed by atoms with Gasteiger partial charge in [0.05, 0.1) is 31.3 Å². The van der Waals surface area contributed by atoms with Gasteiger partial charge in [-0.1, -0.05) is 49.2 Å². The number of amides is 1. The number of rotatable bonds is 5. The Kier molecular flexibility index (Phi) is 6.32. The van der Waals surface area contributed by atoms with Crippen molar-refractivity contribution in [3.8, 4) is 5.75 Å². The van der Waals surface area contributed by atoms with E-state index in [4.69, 9.17) is 9.47 Å². The molecule has 3 aromatic rings. The maximum atomic E-state index is 14.1. The molecule has 1 aromatic heterocycles. The highest BCUT2D eigenvalue weighted by Gasteiger charge is 2.45. The second-order valence-corrected chi connectivity index (χ2v) is 9.41. The van der Waals surface area contributed by atoms with Gasteiger partial charge >= 0.3 is 0 Å². The zero-order chi connectivity index (χ0) is 22.7. The van der Waals surface area contributed by atoms with Crippen LogP contribution in [0.4, 0.5) is 0 Å². The van der Waals surface area contributed by atoms with Crippen LogP contribution < -0.4 is 4.74 Å². The molecule has 2 aromatic carbocycles. The predicted octanol–water partition coefficient (Wildman–Crippen LogP) is 4.77. The van der Waals surface area contributed by atoms with Crippen LogP contribution in [-0.4, -0.2) is 49.2 Å². The highest BCUT2D eigenvalue weighted by Crippen LogP contribution is 2.43. The van der Waals surface area contributed by atoms with Crippen molar-refractivity contribution in [1.29, 1.82) is 0 Å². The van der Waals surface area contributed by atoms with E-state index in [0.717, 1.165) is 60.9 Å². The van der Waals surface area contributed by atoms with Gasteiger partial charge in [0.2, 0.25) is 5.91 Å². The van der Waals surface area contributed by atoms with Crippen LogP contribution in [0, 0.1) is 5.92 Å². The largest absolute Gasteiger partial charge is 0.497 e. The number of carbonyl (C=O) groups excluding carboxylic acids is 1. The minimum Gasteiger partial charge on any atom is -0.497 e. The Morgan fingerprint density at radius 3 is 2.70 bits per heavy atom. The Balaban J connectivity index is 1.39. The second kappa shape index (κ2) is 9.52. The minimum absolute atomic E-state index is 0.248. The molecule has 5 nitrogen and oxygen atoms in total. The third-order valence-corrected chi connectivity index (χ3v) is 7.36. The molecule has 2 fully saturated rings. The molecule has 0 radical (unpaired) electrons. The van der Waals surface area contributed by atoms with Crippen molar-refractivity contribution in [3.63, 3.8) is 0 Å². The number of hydrogen-bond acceptors (Lipinski definition) is 4. The van der Waals surface area contributed by atoms with Crippen molar-refractivity contribution >= 4 is 16.8 Å². The summed E-state index contributed by atoms with van der Waals surface area (Å²) in [5.74, 6) is 1.33. The Morgan fingerprint density at radius 1 is 1.12 bits per heavy atom. The summed E-state index contributed by atoms with van der Waals surface area (Å²) >= 11 is 0. The Labute approximate surface area is 195 Å². The maximum absolute atomic E-state index is 14.1. The van der Waals surface area contributed by atoms with Gasteiger partial charge in [-0.3, -0.25) is 9.78 Å². The first-order chi connectivity index (χ1) is 16.2. The number of fused-ring (bicyclic) bond motifs is 1. The van der Waals surface area contributed by atoms with E-state index in [1.54, 1.807) is 7.11 Å². The van der Waals surface area contributed by atoms with Gasteiger partial charge in [-0.25, -0.2) is 0 Å². The van der Waals surface area contributed by atoms with E-state index in [1.165, 1.54) is 5.56 Å². The summed E-state index contributed by atoms with van der Waals surface area (Å²) < 4.78 is 11.3. The van der Waals surface area contributed by atoms with Crippen LogP contribution in [0.25, 0.3) is 10.9 Å². The standard InChI is InChI=1S/C28H32N2O3/c1-32-25-11-9-24(10-12-25)28(13-2-3-14-28)27(31)30-16-17-33-20-21(19-30)18-23-7-4-6-22-8-5-15-29-26(22)23/h4-12,15,21H,2-3,13-14,16-20H2,1H3. The third-order valence-electron chi connectivity index (χ3n) is 7.36. The summed E-state index contributed by atoms with van der Waals surface area (Å²) in [4.78, 5) is 20.8. The van der Waals surface area contributed by atoms with Crippen LogP contribution in [0.15, 0.2) is 60.8 Å². The van der Waals surface area contributed by atoms with E-state index < -0.39 is 5.41 Å². The fourth-order valence-electron chi connectivity index (χ4n) is 5.65. The van der Waals surface area contributed by atoms with E-state index in [1.807, 2.05) is 24.4 Å². The lowest BCUT2D eigenvalue weighted by molar-refractivity contribution is -0.137. The monoisotopic (exact) mass is 444 g/mol. The molecule has 0 spiro atoms. The maximum Gasteiger partial charge on any atom is 0.233 e. The lowest BCUT2D eigenvalue weighted by Gasteiger charge is -2.35. The van der Waals surface area contributed by atoms with Gasteiger partial charge < -0.3 is 14.4 Å². The van der Waals surface area contributed by atoms with Crippen LogP contribution in [0.1, 0.15) is 36.8 Å². The molecule has 1 aliphatic heterocycles. The summed E-state index contributed by atoms with van der Waals surface area (Å²) in [5, 5.41) is 1.15. The number of hydrogen-bond donors (Lipinski definition) is 0. The molecule has 172 valence electrons. The van der Waals surface area contributed by atoms with Crippen LogP contribution in [-0.2, 0) is 21.4 Å². The van der Waals surface area contributed by atoms with Gasteiger partial charge in [-0.2, -0.15) is 0 Å². The Morgan fingerprint density at radius 2 is 1.91 bits per heavy atom. The van der Waals surface area contributed by atoms with Gasteiger partial charge in [0, 0.05) is 30.6 Å². The topological polar surface area (TPSA) is 51.7 Å². The number of benzene rings is 2. The van der Waals surface area contributed by atoms with Gasteiger partial charge in [-0.05, 0) is 48.6 Å². The summed E-state index contributed by atoms with van der Waals surface area (Å²) in [5.41, 5.74) is 2.96. The first-order valence-electron chi connectivity index (χ1n) is 12.0. The van der Waals surface area contributed by atoms with Crippen molar-refractivity contribution in [3.05, 3.63) is 71.9 Å². The second-order valence-electron chi connectivity index (χ2n) is 9.41. The van der Waals surface area contributed by atoms with Crippen LogP contribution >= 0.6 is 0 Å². The van der Waals surface area contributed by atoms with Crippen molar-refractivity contribution in [2.45, 2.75) is 37.5 Å². The highest BCUT2D eigenvalue weighted by atomic mass is 16.5. The number of methoxy groups -OCH3 is 1. The summed E-state index contributed by atoms with van der Waals surface area (Å²) in [6.45, 7) is 2.64. The molecule has 5 heteroatoms. The third kappa shape index (κ3) is 4.34. The smallest absolute Gasteiger partial charge is 0.233 e. The molecule has 1 atom stereocenters. The van der Waals surface area contributed by atoms with E-state index in [2.05, 4.69) is 46.3 Å². The molecule has 0 N–H and O–H groups in total. The van der Waals surface area contributed by atoms with Crippen LogP contribution in [0.3, 0.4) is 0 Å². The molecule has 0 bridgehead atoms. The number of carbonyl (C=O) groups is 1. The molecule has 1 unspecified atom stereocenters. The molecule has 1 saturated heterocycles. The average molecular weight is 445 g/mol. The molecule has 2 aliphatic rings. The quantitative estimate of drug-likeness (QED) is 0.569. The zero-order valence-corrected chi connectivity index (χ0v) is 19.3. The minimum atomic E-state index is -0.428. The number of pyridine rings is 1. The molecule has 1 saturated carbocycles. The van der Waals surface area contributed by atoms with E-state index in [9.17, 15) is 4.79 Å². The number of ether oxygens (including phenoxy) is 2. The normalized spacial score (nSPS) is 20.5. The molecular weight excluding hydrogens is 412 g/mol. The van der Waals surface area contributed by atoms with Crippen LogP contribution in [0.5, 0.6) is 5.75 Å². The van der Waals surface area contributed by atoms with Crippen LogP contribution in [0.2, 0.25) is 0 Å². The lowest BCUT2D eigenvalue weighted by Crippen LogP contribution is -2.47. The van der Waals surface area contributed by atoms with Gasteiger partial charge in [0.25, 0.3) is 0 Å². The molecular formula is C28H32N2O3. The van der Waals surface area contributed by atoms with Gasteiger partial charge in [0.1, 0.15) is 5.75 Å². The molecule has 1 amide bonds. The van der Waals surface area contributed by atoms with Gasteiger partial charge in [0.15, 0.2) is 0 Å². The Bertz CT molecular complexity index is 1100. The van der Waals surface area contributed by atoms with E-state index >= 15 is 0 Å². The summed E-state index contributed by atoms with van der Waals surface area (Å²) in [6, 6.07) is 18.5. The first kappa shape index (κ1) is 21.9. The van der Waals surface area contributed by atoms with Gasteiger partial charge in [-0.15, -0.1) is 0 Å². The first-order valence-corrected chi connectivity index (χ1v) is 12.0. The van der Waals surface area contributed by atoms with Crippen molar-refractivity contribution in [2.24, 2.45) is 5.92 Å². The van der Waals surface area contributed by atoms with Crippen molar-refractivity contribution < 1.29 is 14.3 Å². The number of para-hydroxylation sites is 1. The molecule has 33 heavy (non-hydrogen) atoms. The molecule has 2 heterocycles. The highest BCUT2D eigenvalue weighted by molar-refractivity contribution is 5.89.